The zero-order chi connectivity index (χ0) is 9.42. The summed E-state index contributed by atoms with van der Waals surface area (Å²) in [5.74, 6) is 0. The van der Waals surface area contributed by atoms with Gasteiger partial charge in [0.05, 0.1) is 11.8 Å². The Hall–Kier alpha value is -1.15. The quantitative estimate of drug-likeness (QED) is 0.698. The Balaban J connectivity index is 2.40. The third-order valence-electron chi connectivity index (χ3n) is 2.34. The molecule has 1 aromatic rings. The number of hydrogen-bond donors (Lipinski definition) is 1. The monoisotopic (exact) mass is 175 g/mol. The molecular formula is C11H13NO. The number of hydrogen-bond acceptors (Lipinski definition) is 2. The molecule has 0 aliphatic carbocycles. The lowest BCUT2D eigenvalue weighted by Crippen LogP contribution is -1.93. The van der Waals surface area contributed by atoms with Gasteiger partial charge in [0.1, 0.15) is 0 Å². The Morgan fingerprint density at radius 1 is 1.46 bits per heavy atom. The summed E-state index contributed by atoms with van der Waals surface area (Å²) < 4.78 is 0. The van der Waals surface area contributed by atoms with E-state index in [-0.39, 0.29) is 6.10 Å². The lowest BCUT2D eigenvalue weighted by molar-refractivity contribution is 0.199. The summed E-state index contributed by atoms with van der Waals surface area (Å²) in [4.78, 5) is 4.39. The minimum atomic E-state index is -0.383. The zero-order valence-corrected chi connectivity index (χ0v) is 7.91. The number of aliphatic hydroxyl groups excluding tert-OH is 1. The molecule has 0 aromatic heterocycles. The fraction of sp³-hybridized carbons (Fsp3) is 0.364. The lowest BCUT2D eigenvalue weighted by atomic mass is 10.0. The molecule has 1 aromatic carbocycles. The van der Waals surface area contributed by atoms with E-state index in [4.69, 9.17) is 0 Å². The molecule has 0 spiro atoms. The second-order valence-corrected chi connectivity index (χ2v) is 3.59. The molecule has 0 bridgehead atoms. The van der Waals surface area contributed by atoms with Crippen LogP contribution in [0.25, 0.3) is 0 Å². The van der Waals surface area contributed by atoms with Crippen LogP contribution in [0.5, 0.6) is 0 Å². The number of nitrogens with zero attached hydrogens (tertiary/aromatic N) is 1. The first-order valence-electron chi connectivity index (χ1n) is 4.52. The fourth-order valence-electron chi connectivity index (χ4n) is 1.64. The maximum atomic E-state index is 9.38. The standard InChI is InChI=1S/C11H13NO/c1-7-5-10-6-9(8(2)13)3-4-11(10)12-7/h3-4,6,8,13H,5H2,1-2H3. The van der Waals surface area contributed by atoms with E-state index in [1.165, 1.54) is 5.56 Å². The highest BCUT2D eigenvalue weighted by atomic mass is 16.3. The van der Waals surface area contributed by atoms with Crippen molar-refractivity contribution >= 4 is 11.4 Å². The molecule has 1 aliphatic rings. The van der Waals surface area contributed by atoms with Crippen LogP contribution >= 0.6 is 0 Å². The molecule has 0 amide bonds. The van der Waals surface area contributed by atoms with Gasteiger partial charge in [-0.1, -0.05) is 12.1 Å². The van der Waals surface area contributed by atoms with Gasteiger partial charge in [0.15, 0.2) is 0 Å². The maximum absolute atomic E-state index is 9.38. The SMILES string of the molecule is CC1=Nc2ccc(C(C)O)cc2C1. The minimum Gasteiger partial charge on any atom is -0.389 e. The van der Waals surface area contributed by atoms with Crippen molar-refractivity contribution in [1.29, 1.82) is 0 Å². The fourth-order valence-corrected chi connectivity index (χ4v) is 1.64. The third kappa shape index (κ3) is 1.49. The highest BCUT2D eigenvalue weighted by molar-refractivity contribution is 5.92. The normalized spacial score (nSPS) is 16.7. The predicted molar refractivity (Wildman–Crippen MR) is 53.5 cm³/mol. The molecule has 1 atom stereocenters. The average molecular weight is 175 g/mol. The Labute approximate surface area is 77.9 Å². The predicted octanol–water partition coefficient (Wildman–Crippen LogP) is 2.39. The number of rotatable bonds is 1. The van der Waals surface area contributed by atoms with Gasteiger partial charge < -0.3 is 5.11 Å². The summed E-state index contributed by atoms with van der Waals surface area (Å²) in [5.41, 5.74) is 4.42. The van der Waals surface area contributed by atoms with Crippen LogP contribution < -0.4 is 0 Å². The first kappa shape index (κ1) is 8.45. The van der Waals surface area contributed by atoms with Gasteiger partial charge >= 0.3 is 0 Å². The summed E-state index contributed by atoms with van der Waals surface area (Å²) in [6.45, 7) is 3.81. The molecule has 0 fully saturated rings. The Bertz CT molecular complexity index is 366. The van der Waals surface area contributed by atoms with E-state index in [1.807, 2.05) is 25.1 Å². The van der Waals surface area contributed by atoms with Crippen LogP contribution in [-0.4, -0.2) is 10.8 Å². The Kier molecular flexibility index (Phi) is 1.93. The van der Waals surface area contributed by atoms with Gasteiger partial charge in [-0.25, -0.2) is 0 Å². The molecule has 2 heteroatoms. The number of fused-ring (bicyclic) bond motifs is 1. The zero-order valence-electron chi connectivity index (χ0n) is 7.91. The first-order chi connectivity index (χ1) is 6.16. The van der Waals surface area contributed by atoms with Crippen LogP contribution in [-0.2, 0) is 6.42 Å². The number of aliphatic imine (C=N–C) groups is 1. The van der Waals surface area contributed by atoms with E-state index in [1.54, 1.807) is 6.92 Å². The molecule has 2 rings (SSSR count). The molecule has 68 valence electrons. The van der Waals surface area contributed by atoms with Crippen LogP contribution in [0.15, 0.2) is 23.2 Å². The van der Waals surface area contributed by atoms with Gasteiger partial charge in [0.25, 0.3) is 0 Å². The van der Waals surface area contributed by atoms with Crippen LogP contribution in [0.1, 0.15) is 31.1 Å². The highest BCUT2D eigenvalue weighted by Crippen LogP contribution is 2.29. The van der Waals surface area contributed by atoms with Gasteiger partial charge in [-0.2, -0.15) is 0 Å². The summed E-state index contributed by atoms with van der Waals surface area (Å²) in [6.07, 6.45) is 0.543. The summed E-state index contributed by atoms with van der Waals surface area (Å²) >= 11 is 0. The van der Waals surface area contributed by atoms with Crippen LogP contribution in [0.3, 0.4) is 0 Å². The summed E-state index contributed by atoms with van der Waals surface area (Å²) in [6, 6.07) is 5.96. The van der Waals surface area contributed by atoms with Crippen LogP contribution in [0, 0.1) is 0 Å². The summed E-state index contributed by atoms with van der Waals surface area (Å²) in [7, 11) is 0. The first-order valence-corrected chi connectivity index (χ1v) is 4.52. The van der Waals surface area contributed by atoms with Crippen molar-refractivity contribution in [3.8, 4) is 0 Å². The maximum Gasteiger partial charge on any atom is 0.0762 e. The van der Waals surface area contributed by atoms with E-state index in [0.29, 0.717) is 0 Å². The number of benzene rings is 1. The van der Waals surface area contributed by atoms with Crippen molar-refractivity contribution in [1.82, 2.24) is 0 Å². The van der Waals surface area contributed by atoms with Gasteiger partial charge in [-0.3, -0.25) is 4.99 Å². The van der Waals surface area contributed by atoms with Crippen LogP contribution in [0.2, 0.25) is 0 Å². The van der Waals surface area contributed by atoms with E-state index < -0.39 is 0 Å². The molecule has 1 unspecified atom stereocenters. The molecule has 13 heavy (non-hydrogen) atoms. The van der Waals surface area contributed by atoms with Crippen LogP contribution in [0.4, 0.5) is 5.69 Å². The molecule has 0 saturated heterocycles. The average Bonchev–Trinajstić information content (AvgIpc) is 2.42. The molecule has 1 aliphatic heterocycles. The van der Waals surface area contributed by atoms with Crippen molar-refractivity contribution in [2.75, 3.05) is 0 Å². The second kappa shape index (κ2) is 2.96. The second-order valence-electron chi connectivity index (χ2n) is 3.59. The largest absolute Gasteiger partial charge is 0.389 e. The van der Waals surface area contributed by atoms with Crippen molar-refractivity contribution in [3.63, 3.8) is 0 Å². The summed E-state index contributed by atoms with van der Waals surface area (Å²) in [5, 5.41) is 9.38. The molecule has 0 radical (unpaired) electrons. The highest BCUT2D eigenvalue weighted by Gasteiger charge is 2.12. The molecule has 1 N–H and O–H groups in total. The number of aliphatic hydroxyl groups is 1. The Morgan fingerprint density at radius 2 is 2.23 bits per heavy atom. The van der Waals surface area contributed by atoms with E-state index >= 15 is 0 Å². The van der Waals surface area contributed by atoms with Gasteiger partial charge in [0.2, 0.25) is 0 Å². The van der Waals surface area contributed by atoms with Gasteiger partial charge in [0, 0.05) is 12.1 Å². The van der Waals surface area contributed by atoms with Crippen molar-refractivity contribution in [2.24, 2.45) is 4.99 Å². The smallest absolute Gasteiger partial charge is 0.0762 e. The van der Waals surface area contributed by atoms with E-state index in [2.05, 4.69) is 4.99 Å². The molecular weight excluding hydrogens is 162 g/mol. The lowest BCUT2D eigenvalue weighted by Gasteiger charge is -2.05. The van der Waals surface area contributed by atoms with E-state index in [0.717, 1.165) is 23.4 Å². The van der Waals surface area contributed by atoms with Crippen molar-refractivity contribution in [2.45, 2.75) is 26.4 Å². The third-order valence-corrected chi connectivity index (χ3v) is 2.34. The topological polar surface area (TPSA) is 32.6 Å². The molecule has 2 nitrogen and oxygen atoms in total. The van der Waals surface area contributed by atoms with Gasteiger partial charge in [-0.05, 0) is 31.0 Å². The minimum absolute atomic E-state index is 0.383. The Morgan fingerprint density at radius 3 is 2.92 bits per heavy atom. The van der Waals surface area contributed by atoms with E-state index in [9.17, 15) is 5.11 Å². The van der Waals surface area contributed by atoms with Gasteiger partial charge in [-0.15, -0.1) is 0 Å². The van der Waals surface area contributed by atoms with Crippen molar-refractivity contribution < 1.29 is 5.11 Å². The molecule has 1 heterocycles. The van der Waals surface area contributed by atoms with Crippen molar-refractivity contribution in [3.05, 3.63) is 29.3 Å². The molecule has 0 saturated carbocycles.